The largest absolute Gasteiger partial charge is 0.346 e. The Morgan fingerprint density at radius 3 is 2.79 bits per heavy atom. The van der Waals surface area contributed by atoms with Crippen molar-refractivity contribution >= 4 is 12.0 Å². The molecule has 1 aliphatic rings. The molecule has 1 aliphatic carbocycles. The van der Waals surface area contributed by atoms with Crippen molar-refractivity contribution in [3.8, 4) is 5.69 Å². The van der Waals surface area contributed by atoms with Gasteiger partial charge in [0.05, 0.1) is 41.8 Å². The van der Waals surface area contributed by atoms with Crippen LogP contribution < -0.4 is 5.32 Å². The van der Waals surface area contributed by atoms with Crippen LogP contribution in [0.5, 0.6) is 0 Å². The number of nitrogens with one attached hydrogen (secondary N) is 2. The molecule has 1 amide bonds. The number of fused-ring (bicyclic) bond motifs is 1. The summed E-state index contributed by atoms with van der Waals surface area (Å²) in [6.45, 7) is 6.55. The van der Waals surface area contributed by atoms with Crippen molar-refractivity contribution < 1.29 is 4.79 Å². The maximum absolute atomic E-state index is 12.5. The molecule has 1 aromatic carbocycles. The van der Waals surface area contributed by atoms with Gasteiger partial charge in [0.1, 0.15) is 0 Å². The molecule has 0 fully saturated rings. The van der Waals surface area contributed by atoms with E-state index in [0.29, 0.717) is 0 Å². The van der Waals surface area contributed by atoms with Crippen LogP contribution in [-0.2, 0) is 11.2 Å². The molecule has 0 unspecified atom stereocenters. The second-order valence-electron chi connectivity index (χ2n) is 8.24. The second kappa shape index (κ2) is 7.11. The standard InChI is InChI=1S/C22H25N5O/c1-15-4-7-17(8-5-15)27-20-11-22(2,3)10-19(18(20)13-25-27)26-21(28)9-6-16-12-23-14-24-16/h4-9,12-14,19H,10-11H2,1-3H3,(H,23,24)(H,26,28)/b9-6+/t19-/m1/s1. The first-order valence-corrected chi connectivity index (χ1v) is 9.52. The van der Waals surface area contributed by atoms with E-state index in [1.54, 1.807) is 24.7 Å². The highest BCUT2D eigenvalue weighted by Gasteiger charge is 2.35. The van der Waals surface area contributed by atoms with Gasteiger partial charge >= 0.3 is 0 Å². The van der Waals surface area contributed by atoms with E-state index in [1.165, 1.54) is 11.3 Å². The number of aromatic amines is 1. The Hall–Kier alpha value is -3.15. The van der Waals surface area contributed by atoms with Crippen LogP contribution >= 0.6 is 0 Å². The molecule has 2 heterocycles. The zero-order chi connectivity index (χ0) is 19.7. The number of carbonyl (C=O) groups is 1. The lowest BCUT2D eigenvalue weighted by molar-refractivity contribution is -0.117. The van der Waals surface area contributed by atoms with Crippen molar-refractivity contribution in [2.75, 3.05) is 0 Å². The fraction of sp³-hybridized carbons (Fsp3) is 0.318. The van der Waals surface area contributed by atoms with Crippen LogP contribution in [0.25, 0.3) is 11.8 Å². The molecule has 0 spiro atoms. The second-order valence-corrected chi connectivity index (χ2v) is 8.24. The quantitative estimate of drug-likeness (QED) is 0.682. The summed E-state index contributed by atoms with van der Waals surface area (Å²) in [5.74, 6) is -0.119. The van der Waals surface area contributed by atoms with Crippen LogP contribution in [0.15, 0.2) is 49.1 Å². The molecule has 144 valence electrons. The number of nitrogens with zero attached hydrogens (tertiary/aromatic N) is 3. The van der Waals surface area contributed by atoms with E-state index in [-0.39, 0.29) is 17.4 Å². The summed E-state index contributed by atoms with van der Waals surface area (Å²) in [5, 5.41) is 7.80. The first-order valence-electron chi connectivity index (χ1n) is 9.52. The number of aryl methyl sites for hydroxylation is 1. The SMILES string of the molecule is Cc1ccc(-n2ncc3c2CC(C)(C)C[C@H]3NC(=O)/C=C/c2cnc[nH]2)cc1. The Kier molecular flexibility index (Phi) is 4.63. The Morgan fingerprint density at radius 2 is 2.07 bits per heavy atom. The highest BCUT2D eigenvalue weighted by Crippen LogP contribution is 2.41. The fourth-order valence-corrected chi connectivity index (χ4v) is 3.82. The van der Waals surface area contributed by atoms with E-state index in [0.717, 1.165) is 29.8 Å². The van der Waals surface area contributed by atoms with Gasteiger partial charge in [-0.05, 0) is 43.4 Å². The van der Waals surface area contributed by atoms with E-state index in [4.69, 9.17) is 0 Å². The molecule has 0 aliphatic heterocycles. The molecule has 6 heteroatoms. The molecule has 2 N–H and O–H groups in total. The van der Waals surface area contributed by atoms with Crippen LogP contribution in [0.1, 0.15) is 48.8 Å². The molecule has 1 atom stereocenters. The Labute approximate surface area is 164 Å². The molecule has 0 bridgehead atoms. The van der Waals surface area contributed by atoms with E-state index < -0.39 is 0 Å². The van der Waals surface area contributed by atoms with Crippen molar-refractivity contribution in [3.05, 3.63) is 71.6 Å². The predicted octanol–water partition coefficient (Wildman–Crippen LogP) is 3.75. The lowest BCUT2D eigenvalue weighted by Gasteiger charge is -2.35. The predicted molar refractivity (Wildman–Crippen MR) is 109 cm³/mol. The van der Waals surface area contributed by atoms with E-state index in [2.05, 4.69) is 65.4 Å². The molecular weight excluding hydrogens is 350 g/mol. The number of hydrogen-bond acceptors (Lipinski definition) is 3. The molecule has 2 aromatic heterocycles. The van der Waals surface area contributed by atoms with Gasteiger partial charge in [-0.25, -0.2) is 9.67 Å². The van der Waals surface area contributed by atoms with Gasteiger partial charge in [0.2, 0.25) is 5.91 Å². The topological polar surface area (TPSA) is 75.6 Å². The summed E-state index contributed by atoms with van der Waals surface area (Å²) in [6.07, 6.45) is 10.2. The van der Waals surface area contributed by atoms with E-state index in [1.807, 2.05) is 10.9 Å². The summed E-state index contributed by atoms with van der Waals surface area (Å²) in [7, 11) is 0. The molecule has 0 saturated carbocycles. The van der Waals surface area contributed by atoms with Crippen molar-refractivity contribution in [2.24, 2.45) is 5.41 Å². The molecule has 0 radical (unpaired) electrons. The third-order valence-electron chi connectivity index (χ3n) is 5.21. The van der Waals surface area contributed by atoms with Crippen LogP contribution in [0.4, 0.5) is 0 Å². The molecule has 28 heavy (non-hydrogen) atoms. The van der Waals surface area contributed by atoms with Gasteiger partial charge in [0, 0.05) is 11.6 Å². The first kappa shape index (κ1) is 18.2. The third-order valence-corrected chi connectivity index (χ3v) is 5.21. The van der Waals surface area contributed by atoms with Gasteiger partial charge in [-0.3, -0.25) is 4.79 Å². The lowest BCUT2D eigenvalue weighted by atomic mass is 9.74. The third kappa shape index (κ3) is 3.76. The zero-order valence-corrected chi connectivity index (χ0v) is 16.4. The number of amides is 1. The molecule has 0 saturated heterocycles. The van der Waals surface area contributed by atoms with Crippen LogP contribution in [0.2, 0.25) is 0 Å². The maximum Gasteiger partial charge on any atom is 0.244 e. The van der Waals surface area contributed by atoms with Crippen molar-refractivity contribution in [1.82, 2.24) is 25.1 Å². The summed E-state index contributed by atoms with van der Waals surface area (Å²) in [5.41, 5.74) is 5.41. The zero-order valence-electron chi connectivity index (χ0n) is 16.4. The van der Waals surface area contributed by atoms with Crippen molar-refractivity contribution in [2.45, 2.75) is 39.7 Å². The number of carbonyl (C=O) groups excluding carboxylic acids is 1. The minimum atomic E-state index is -0.119. The number of H-pyrrole nitrogens is 1. The Balaban J connectivity index is 1.60. The molecule has 4 rings (SSSR count). The minimum absolute atomic E-state index is 0.0585. The summed E-state index contributed by atoms with van der Waals surface area (Å²) in [6, 6.07) is 8.31. The van der Waals surface area contributed by atoms with Crippen molar-refractivity contribution in [3.63, 3.8) is 0 Å². The number of aromatic nitrogens is 4. The molecule has 3 aromatic rings. The number of rotatable bonds is 4. The van der Waals surface area contributed by atoms with Crippen molar-refractivity contribution in [1.29, 1.82) is 0 Å². The van der Waals surface area contributed by atoms with E-state index in [9.17, 15) is 4.79 Å². The van der Waals surface area contributed by atoms with Gasteiger partial charge < -0.3 is 10.3 Å². The van der Waals surface area contributed by atoms with Crippen LogP contribution in [0, 0.1) is 12.3 Å². The summed E-state index contributed by atoms with van der Waals surface area (Å²) < 4.78 is 2.01. The van der Waals surface area contributed by atoms with Gasteiger partial charge in [0.15, 0.2) is 0 Å². The molecular formula is C22H25N5O. The average Bonchev–Trinajstić information content (AvgIpc) is 3.29. The van der Waals surface area contributed by atoms with Gasteiger partial charge in [-0.1, -0.05) is 31.5 Å². The minimum Gasteiger partial charge on any atom is -0.346 e. The lowest BCUT2D eigenvalue weighted by Crippen LogP contribution is -2.36. The smallest absolute Gasteiger partial charge is 0.244 e. The Bertz CT molecular complexity index is 996. The number of hydrogen-bond donors (Lipinski definition) is 2. The first-order chi connectivity index (χ1) is 13.4. The van der Waals surface area contributed by atoms with Gasteiger partial charge in [-0.2, -0.15) is 5.10 Å². The highest BCUT2D eigenvalue weighted by atomic mass is 16.1. The monoisotopic (exact) mass is 375 g/mol. The van der Waals surface area contributed by atoms with Gasteiger partial charge in [-0.15, -0.1) is 0 Å². The summed E-state index contributed by atoms with van der Waals surface area (Å²) in [4.78, 5) is 19.4. The maximum atomic E-state index is 12.5. The van der Waals surface area contributed by atoms with Crippen LogP contribution in [0.3, 0.4) is 0 Å². The molecule has 6 nitrogen and oxygen atoms in total. The average molecular weight is 375 g/mol. The van der Waals surface area contributed by atoms with E-state index >= 15 is 0 Å². The highest BCUT2D eigenvalue weighted by molar-refractivity contribution is 5.91. The number of imidazole rings is 1. The Morgan fingerprint density at radius 1 is 1.29 bits per heavy atom. The summed E-state index contributed by atoms with van der Waals surface area (Å²) >= 11 is 0. The fourth-order valence-electron chi connectivity index (χ4n) is 3.82. The number of benzene rings is 1. The van der Waals surface area contributed by atoms with Crippen LogP contribution in [-0.4, -0.2) is 25.7 Å². The normalized spacial score (nSPS) is 18.2. The van der Waals surface area contributed by atoms with Gasteiger partial charge in [0.25, 0.3) is 0 Å².